The summed E-state index contributed by atoms with van der Waals surface area (Å²) in [4.78, 5) is 12.2. The molecule has 0 fully saturated rings. The Labute approximate surface area is 144 Å². The fourth-order valence-corrected chi connectivity index (χ4v) is 3.65. The van der Waals surface area contributed by atoms with Gasteiger partial charge in [0, 0.05) is 5.69 Å². The molecule has 1 unspecified atom stereocenters. The first-order chi connectivity index (χ1) is 11.9. The molecule has 0 bridgehead atoms. The predicted molar refractivity (Wildman–Crippen MR) is 90.4 cm³/mol. The molecule has 1 aliphatic rings. The summed E-state index contributed by atoms with van der Waals surface area (Å²) in [7, 11) is -3.92. The third-order valence-electron chi connectivity index (χ3n) is 3.50. The van der Waals surface area contributed by atoms with Crippen molar-refractivity contribution < 1.29 is 22.3 Å². The lowest BCUT2D eigenvalue weighted by Gasteiger charge is -2.27. The van der Waals surface area contributed by atoms with Gasteiger partial charge in [-0.15, -0.1) is 0 Å². The summed E-state index contributed by atoms with van der Waals surface area (Å²) in [5.74, 6) is -0.571. The lowest BCUT2D eigenvalue weighted by molar-refractivity contribution is -0.117. The van der Waals surface area contributed by atoms with E-state index in [-0.39, 0.29) is 10.6 Å². The number of ether oxygens (including phenoxy) is 1. The van der Waals surface area contributed by atoms with Crippen molar-refractivity contribution >= 4 is 27.3 Å². The van der Waals surface area contributed by atoms with Crippen LogP contribution in [0.2, 0.25) is 0 Å². The lowest BCUT2D eigenvalue weighted by Crippen LogP contribution is -2.51. The molecule has 0 radical (unpaired) electrons. The minimum absolute atomic E-state index is 0.0330. The van der Waals surface area contributed by atoms with E-state index in [1.54, 1.807) is 24.3 Å². The van der Waals surface area contributed by atoms with Crippen LogP contribution >= 0.6 is 0 Å². The maximum absolute atomic E-state index is 13.4. The van der Waals surface area contributed by atoms with E-state index in [1.807, 2.05) is 6.92 Å². The third-order valence-corrected chi connectivity index (χ3v) is 4.98. The molecule has 1 aliphatic heterocycles. The fourth-order valence-electron chi connectivity index (χ4n) is 2.39. The summed E-state index contributed by atoms with van der Waals surface area (Å²) < 4.78 is 45.3. The average Bonchev–Trinajstić information content (AvgIpc) is 2.55. The maximum atomic E-state index is 13.4. The Hall–Kier alpha value is -2.65. The largest absolute Gasteiger partial charge is 0.494 e. The third kappa shape index (κ3) is 3.72. The Bertz CT molecular complexity index is 900. The fraction of sp³-hybridized carbons (Fsp3) is 0.188. The van der Waals surface area contributed by atoms with Gasteiger partial charge in [-0.05, 0) is 49.4 Å². The highest BCUT2D eigenvalue weighted by molar-refractivity contribution is 7.89. The van der Waals surface area contributed by atoms with Crippen molar-refractivity contribution in [3.05, 3.63) is 48.3 Å². The van der Waals surface area contributed by atoms with Crippen molar-refractivity contribution in [1.82, 2.24) is 4.72 Å². The molecule has 7 nitrogen and oxygen atoms in total. The van der Waals surface area contributed by atoms with Crippen LogP contribution in [0.1, 0.15) is 6.92 Å². The smallest absolute Gasteiger partial charge is 0.262 e. The van der Waals surface area contributed by atoms with Gasteiger partial charge in [0.1, 0.15) is 16.5 Å². The van der Waals surface area contributed by atoms with Crippen molar-refractivity contribution in [1.29, 1.82) is 0 Å². The Balaban J connectivity index is 1.77. The molecular weight excluding hydrogens is 349 g/mol. The van der Waals surface area contributed by atoms with Crippen LogP contribution in [0.25, 0.3) is 0 Å². The Morgan fingerprint density at radius 3 is 2.64 bits per heavy atom. The summed E-state index contributed by atoms with van der Waals surface area (Å²) >= 11 is 0. The van der Waals surface area contributed by atoms with E-state index in [0.29, 0.717) is 18.0 Å². The first kappa shape index (κ1) is 17.2. The van der Waals surface area contributed by atoms with E-state index in [2.05, 4.69) is 15.4 Å². The molecule has 0 saturated heterocycles. The first-order valence-corrected chi connectivity index (χ1v) is 8.99. The molecule has 1 atom stereocenters. The highest BCUT2D eigenvalue weighted by atomic mass is 32.2. The average molecular weight is 365 g/mol. The number of hydrogen-bond acceptors (Lipinski definition) is 5. The topological polar surface area (TPSA) is 96.5 Å². The van der Waals surface area contributed by atoms with Crippen molar-refractivity contribution in [2.45, 2.75) is 18.0 Å². The summed E-state index contributed by atoms with van der Waals surface area (Å²) in [6.07, 6.45) is -1.26. The van der Waals surface area contributed by atoms with Gasteiger partial charge in [0.05, 0.1) is 12.3 Å². The van der Waals surface area contributed by atoms with Crippen molar-refractivity contribution in [3.8, 4) is 5.75 Å². The van der Waals surface area contributed by atoms with Gasteiger partial charge in [-0.25, -0.2) is 12.8 Å². The second kappa shape index (κ2) is 6.69. The maximum Gasteiger partial charge on any atom is 0.262 e. The molecule has 132 valence electrons. The highest BCUT2D eigenvalue weighted by Crippen LogP contribution is 2.27. The van der Waals surface area contributed by atoms with E-state index < -0.39 is 27.9 Å². The van der Waals surface area contributed by atoms with Crippen LogP contribution in [0.3, 0.4) is 0 Å². The standard InChI is InChI=1S/C16H16FN3O4S/c1-2-24-12-6-4-11(5-7-12)18-16(21)15-19-13-9-10(17)3-8-14(13)25(22,23)20-15/h3-9,15,19-20H,2H2,1H3,(H,18,21). The molecule has 3 rings (SSSR count). The molecule has 9 heteroatoms. The zero-order chi connectivity index (χ0) is 18.0. The van der Waals surface area contributed by atoms with E-state index in [4.69, 9.17) is 4.74 Å². The number of carbonyl (C=O) groups is 1. The number of amides is 1. The van der Waals surface area contributed by atoms with Gasteiger partial charge in [-0.1, -0.05) is 0 Å². The number of fused-ring (bicyclic) bond motifs is 1. The zero-order valence-corrected chi connectivity index (χ0v) is 14.1. The molecule has 0 aromatic heterocycles. The molecule has 25 heavy (non-hydrogen) atoms. The van der Waals surface area contributed by atoms with Crippen LogP contribution in [0.4, 0.5) is 15.8 Å². The molecule has 2 aromatic carbocycles. The molecule has 2 aromatic rings. The van der Waals surface area contributed by atoms with Crippen molar-refractivity contribution in [2.75, 3.05) is 17.2 Å². The molecule has 0 aliphatic carbocycles. The molecule has 0 spiro atoms. The Kier molecular flexibility index (Phi) is 4.60. The monoisotopic (exact) mass is 365 g/mol. The van der Waals surface area contributed by atoms with Gasteiger partial charge < -0.3 is 15.4 Å². The number of benzene rings is 2. The van der Waals surface area contributed by atoms with Crippen LogP contribution in [0.15, 0.2) is 47.4 Å². The number of halogens is 1. The van der Waals surface area contributed by atoms with E-state index in [1.165, 1.54) is 0 Å². The van der Waals surface area contributed by atoms with Crippen LogP contribution < -0.4 is 20.1 Å². The normalized spacial score (nSPS) is 17.9. The van der Waals surface area contributed by atoms with Crippen molar-refractivity contribution in [3.63, 3.8) is 0 Å². The molecular formula is C16H16FN3O4S. The zero-order valence-electron chi connectivity index (χ0n) is 13.2. The van der Waals surface area contributed by atoms with Gasteiger partial charge >= 0.3 is 0 Å². The van der Waals surface area contributed by atoms with Gasteiger partial charge in [0.15, 0.2) is 6.17 Å². The summed E-state index contributed by atoms with van der Waals surface area (Å²) in [6, 6.07) is 9.84. The lowest BCUT2D eigenvalue weighted by atomic mass is 10.2. The highest BCUT2D eigenvalue weighted by Gasteiger charge is 2.33. The first-order valence-electron chi connectivity index (χ1n) is 7.51. The van der Waals surface area contributed by atoms with Crippen molar-refractivity contribution in [2.24, 2.45) is 0 Å². The Morgan fingerprint density at radius 1 is 1.24 bits per heavy atom. The van der Waals surface area contributed by atoms with Gasteiger partial charge in [-0.3, -0.25) is 4.79 Å². The molecule has 3 N–H and O–H groups in total. The number of anilines is 2. The van der Waals surface area contributed by atoms with Gasteiger partial charge in [0.25, 0.3) is 5.91 Å². The van der Waals surface area contributed by atoms with Gasteiger partial charge in [-0.2, -0.15) is 4.72 Å². The second-order valence-corrected chi connectivity index (χ2v) is 6.97. The van der Waals surface area contributed by atoms with Crippen LogP contribution in [-0.2, 0) is 14.8 Å². The summed E-state index contributed by atoms with van der Waals surface area (Å²) in [5.41, 5.74) is 0.505. The minimum atomic E-state index is -3.92. The molecule has 0 saturated carbocycles. The summed E-state index contributed by atoms with van der Waals surface area (Å²) in [5, 5.41) is 5.26. The second-order valence-electron chi connectivity index (χ2n) is 5.29. The Morgan fingerprint density at radius 2 is 1.96 bits per heavy atom. The van der Waals surface area contributed by atoms with Crippen LogP contribution in [0, 0.1) is 5.82 Å². The van der Waals surface area contributed by atoms with Crippen LogP contribution in [-0.4, -0.2) is 27.1 Å². The van der Waals surface area contributed by atoms with E-state index in [9.17, 15) is 17.6 Å². The van der Waals surface area contributed by atoms with E-state index in [0.717, 1.165) is 18.2 Å². The predicted octanol–water partition coefficient (Wildman–Crippen LogP) is 1.89. The van der Waals surface area contributed by atoms with Gasteiger partial charge in [0.2, 0.25) is 10.0 Å². The number of sulfonamides is 1. The molecule has 1 amide bonds. The number of carbonyl (C=O) groups excluding carboxylic acids is 1. The molecule has 1 heterocycles. The number of rotatable bonds is 4. The minimum Gasteiger partial charge on any atom is -0.494 e. The summed E-state index contributed by atoms with van der Waals surface area (Å²) in [6.45, 7) is 2.38. The quantitative estimate of drug-likeness (QED) is 0.769. The van der Waals surface area contributed by atoms with Crippen LogP contribution in [0.5, 0.6) is 5.75 Å². The number of nitrogens with one attached hydrogen (secondary N) is 3. The SMILES string of the molecule is CCOc1ccc(NC(=O)C2Nc3cc(F)ccc3S(=O)(=O)N2)cc1. The number of hydrogen-bond donors (Lipinski definition) is 3. The van der Waals surface area contributed by atoms with E-state index >= 15 is 0 Å².